The highest BCUT2D eigenvalue weighted by molar-refractivity contribution is 8.27. The fourth-order valence-electron chi connectivity index (χ4n) is 2.40. The van der Waals surface area contributed by atoms with Crippen molar-refractivity contribution in [2.24, 2.45) is 0 Å². The van der Waals surface area contributed by atoms with E-state index in [0.29, 0.717) is 20.5 Å². The Morgan fingerprint density at radius 2 is 1.88 bits per heavy atom. The first kappa shape index (κ1) is 18.6. The van der Waals surface area contributed by atoms with Crippen molar-refractivity contribution in [2.75, 3.05) is 12.0 Å². The number of carbonyl (C=O) groups is 1. The highest BCUT2D eigenvalue weighted by Crippen LogP contribution is 2.36. The molecule has 3 rings (SSSR count). The first-order valence-corrected chi connectivity index (χ1v) is 9.96. The van der Waals surface area contributed by atoms with Crippen LogP contribution in [0.25, 0.3) is 6.08 Å². The number of para-hydroxylation sites is 1. The normalized spacial score (nSPS) is 16.4. The lowest BCUT2D eigenvalue weighted by molar-refractivity contribution is -0.113. The molecule has 1 aliphatic rings. The van der Waals surface area contributed by atoms with E-state index >= 15 is 0 Å². The molecular weight excluding hydrogens is 394 g/mol. The summed E-state index contributed by atoms with van der Waals surface area (Å²) in [5.74, 6) is -0.281. The molecule has 1 heterocycles. The molecule has 0 spiro atoms. The minimum Gasteiger partial charge on any atom is -0.495 e. The molecule has 1 fully saturated rings. The van der Waals surface area contributed by atoms with Crippen LogP contribution in [-0.4, -0.2) is 30.3 Å². The number of carbonyl (C=O) groups excluding carboxylic acids is 1. The Balaban J connectivity index is 1.99. The van der Waals surface area contributed by atoms with E-state index in [4.69, 9.17) is 17.0 Å². The van der Waals surface area contributed by atoms with Crippen LogP contribution in [0.15, 0.2) is 58.3 Å². The summed E-state index contributed by atoms with van der Waals surface area (Å²) in [6.45, 7) is 0. The summed E-state index contributed by atoms with van der Waals surface area (Å²) in [6.07, 6.45) is 1.52. The van der Waals surface area contributed by atoms with Crippen LogP contribution in [0.4, 0.5) is 5.69 Å². The number of hydrogen-bond acceptors (Lipinski definition) is 6. The number of anilines is 1. The molecule has 0 aliphatic carbocycles. The van der Waals surface area contributed by atoms with Crippen molar-refractivity contribution >= 4 is 56.1 Å². The zero-order chi connectivity index (χ0) is 18.9. The number of ether oxygens (including phenoxy) is 1. The highest BCUT2D eigenvalue weighted by Gasteiger charge is 2.33. The average molecular weight is 407 g/mol. The molecule has 1 aliphatic heterocycles. The van der Waals surface area contributed by atoms with Crippen molar-refractivity contribution in [2.45, 2.75) is 4.90 Å². The van der Waals surface area contributed by atoms with Crippen molar-refractivity contribution in [1.29, 1.82) is 0 Å². The molecule has 2 aromatic rings. The monoisotopic (exact) mass is 407 g/mol. The second-order valence-electron chi connectivity index (χ2n) is 5.24. The molecular formula is C17H13NO5S3. The van der Waals surface area contributed by atoms with E-state index in [2.05, 4.69) is 0 Å². The quantitative estimate of drug-likeness (QED) is 0.473. The maximum absolute atomic E-state index is 12.7. The molecule has 2 aromatic carbocycles. The number of amides is 1. The van der Waals surface area contributed by atoms with Gasteiger partial charge in [-0.25, -0.2) is 0 Å². The maximum Gasteiger partial charge on any atom is 0.298 e. The Hall–Kier alpha value is -2.20. The van der Waals surface area contributed by atoms with Gasteiger partial charge in [-0.2, -0.15) is 8.42 Å². The van der Waals surface area contributed by atoms with E-state index in [1.807, 2.05) is 6.07 Å². The lowest BCUT2D eigenvalue weighted by Crippen LogP contribution is -2.27. The van der Waals surface area contributed by atoms with Crippen LogP contribution in [-0.2, 0) is 14.9 Å². The fraction of sp³-hybridized carbons (Fsp3) is 0.0588. The van der Waals surface area contributed by atoms with Gasteiger partial charge in [-0.05, 0) is 35.9 Å². The van der Waals surface area contributed by atoms with E-state index in [0.717, 1.165) is 11.8 Å². The van der Waals surface area contributed by atoms with Gasteiger partial charge in [0, 0.05) is 0 Å². The number of methoxy groups -OCH3 is 1. The second-order valence-corrected chi connectivity index (χ2v) is 8.30. The molecule has 1 amide bonds. The molecule has 9 heteroatoms. The summed E-state index contributed by atoms with van der Waals surface area (Å²) in [5.41, 5.74) is 1.08. The van der Waals surface area contributed by atoms with Gasteiger partial charge in [0.05, 0.1) is 17.7 Å². The molecule has 1 N–H and O–H groups in total. The van der Waals surface area contributed by atoms with Gasteiger partial charge in [0.25, 0.3) is 16.0 Å². The van der Waals surface area contributed by atoms with Crippen molar-refractivity contribution in [3.63, 3.8) is 0 Å². The van der Waals surface area contributed by atoms with E-state index in [-0.39, 0.29) is 16.6 Å². The van der Waals surface area contributed by atoms with Crippen LogP contribution in [0.1, 0.15) is 5.56 Å². The predicted octanol–water partition coefficient (Wildman–Crippen LogP) is 3.35. The van der Waals surface area contributed by atoms with Gasteiger partial charge in [-0.15, -0.1) is 0 Å². The summed E-state index contributed by atoms with van der Waals surface area (Å²) >= 11 is 6.41. The Labute approximate surface area is 160 Å². The van der Waals surface area contributed by atoms with E-state index in [9.17, 15) is 17.8 Å². The molecule has 6 nitrogen and oxygen atoms in total. The van der Waals surface area contributed by atoms with Gasteiger partial charge >= 0.3 is 0 Å². The van der Waals surface area contributed by atoms with Crippen LogP contribution in [0.2, 0.25) is 0 Å². The first-order chi connectivity index (χ1) is 12.3. The van der Waals surface area contributed by atoms with E-state index in [1.165, 1.54) is 30.2 Å². The molecule has 1 saturated heterocycles. The van der Waals surface area contributed by atoms with Gasteiger partial charge in [0.2, 0.25) is 0 Å². The summed E-state index contributed by atoms with van der Waals surface area (Å²) < 4.78 is 37.7. The molecule has 0 saturated carbocycles. The second kappa shape index (κ2) is 7.20. The predicted molar refractivity (Wildman–Crippen MR) is 105 cm³/mol. The van der Waals surface area contributed by atoms with Gasteiger partial charge < -0.3 is 4.74 Å². The standard InChI is InChI=1S/C17H13NO5S3/c1-23-13-8-7-11(10-15(13)26(20,21)22)9-14-16(19)18(17(24)25-14)12-5-3-2-4-6-12/h2-10H,1H3,(H,20,21,22). The van der Waals surface area contributed by atoms with Crippen molar-refractivity contribution in [3.05, 3.63) is 59.0 Å². The molecule has 0 aromatic heterocycles. The van der Waals surface area contributed by atoms with E-state index in [1.54, 1.807) is 30.3 Å². The third-order valence-corrected chi connectivity index (χ3v) is 5.75. The number of thioether (sulfide) groups is 1. The van der Waals surface area contributed by atoms with E-state index < -0.39 is 10.1 Å². The Bertz CT molecular complexity index is 1020. The van der Waals surface area contributed by atoms with Gasteiger partial charge in [0.15, 0.2) is 4.32 Å². The number of rotatable bonds is 4. The largest absolute Gasteiger partial charge is 0.495 e. The third-order valence-electron chi connectivity index (χ3n) is 3.57. The lowest BCUT2D eigenvalue weighted by Gasteiger charge is -2.13. The number of nitrogens with zero attached hydrogens (tertiary/aromatic N) is 1. The Morgan fingerprint density at radius 3 is 2.50 bits per heavy atom. The molecule has 0 atom stereocenters. The van der Waals surface area contributed by atoms with Crippen LogP contribution in [0.5, 0.6) is 5.75 Å². The minimum atomic E-state index is -4.46. The summed E-state index contributed by atoms with van der Waals surface area (Å²) in [6, 6.07) is 13.2. The molecule has 134 valence electrons. The van der Waals surface area contributed by atoms with Crippen LogP contribution >= 0.6 is 24.0 Å². The zero-order valence-electron chi connectivity index (χ0n) is 13.4. The third kappa shape index (κ3) is 3.65. The summed E-state index contributed by atoms with van der Waals surface area (Å²) in [7, 11) is -3.16. The molecule has 0 bridgehead atoms. The van der Waals surface area contributed by atoms with Crippen molar-refractivity contribution < 1.29 is 22.5 Å². The highest BCUT2D eigenvalue weighted by atomic mass is 32.2. The Morgan fingerprint density at radius 1 is 1.19 bits per heavy atom. The smallest absolute Gasteiger partial charge is 0.298 e. The number of benzene rings is 2. The van der Waals surface area contributed by atoms with Crippen molar-refractivity contribution in [3.8, 4) is 5.75 Å². The minimum absolute atomic E-state index is 0.0153. The van der Waals surface area contributed by atoms with Gasteiger partial charge in [0.1, 0.15) is 10.6 Å². The molecule has 0 unspecified atom stereocenters. The summed E-state index contributed by atoms with van der Waals surface area (Å²) in [5, 5.41) is 0. The SMILES string of the molecule is COc1ccc(C=C2SC(=S)N(c3ccccc3)C2=O)cc1S(=O)(=O)O. The molecule has 0 radical (unpaired) electrons. The topological polar surface area (TPSA) is 83.9 Å². The van der Waals surface area contributed by atoms with Crippen LogP contribution in [0.3, 0.4) is 0 Å². The van der Waals surface area contributed by atoms with Gasteiger partial charge in [-0.1, -0.05) is 48.2 Å². The lowest BCUT2D eigenvalue weighted by atomic mass is 10.2. The van der Waals surface area contributed by atoms with Crippen LogP contribution in [0, 0.1) is 0 Å². The average Bonchev–Trinajstić information content (AvgIpc) is 2.88. The zero-order valence-corrected chi connectivity index (χ0v) is 15.9. The Kier molecular flexibility index (Phi) is 5.15. The number of thiocarbonyl (C=S) groups is 1. The maximum atomic E-state index is 12.7. The number of hydrogen-bond donors (Lipinski definition) is 1. The van der Waals surface area contributed by atoms with Crippen molar-refractivity contribution in [1.82, 2.24) is 0 Å². The van der Waals surface area contributed by atoms with Crippen LogP contribution < -0.4 is 9.64 Å². The first-order valence-electron chi connectivity index (χ1n) is 7.30. The fourth-order valence-corrected chi connectivity index (χ4v) is 4.39. The van der Waals surface area contributed by atoms with Gasteiger partial charge in [-0.3, -0.25) is 14.2 Å². The molecule has 26 heavy (non-hydrogen) atoms. The summed E-state index contributed by atoms with van der Waals surface area (Å²) in [4.78, 5) is 14.1.